The van der Waals surface area contributed by atoms with E-state index in [1.54, 1.807) is 0 Å². The fraction of sp³-hybridized carbons (Fsp3) is 0.667. The Labute approximate surface area is 67.7 Å². The molecule has 0 bridgehead atoms. The maximum absolute atomic E-state index is 11.0. The molecule has 1 N–H and O–H groups in total. The van der Waals surface area contributed by atoms with Crippen molar-refractivity contribution in [3.63, 3.8) is 0 Å². The summed E-state index contributed by atoms with van der Waals surface area (Å²) in [7, 11) is 0. The van der Waals surface area contributed by atoms with Gasteiger partial charge in [0.25, 0.3) is 0 Å². The molecule has 1 rings (SSSR count). The Hall–Kier alpha value is -0.790. The zero-order valence-electron chi connectivity index (χ0n) is 6.97. The normalized spacial score (nSPS) is 17.2. The van der Waals surface area contributed by atoms with Crippen LogP contribution in [-0.2, 0) is 4.79 Å². The van der Waals surface area contributed by atoms with Gasteiger partial charge in [0.15, 0.2) is 0 Å². The van der Waals surface area contributed by atoms with Crippen molar-refractivity contribution in [1.29, 1.82) is 0 Å². The van der Waals surface area contributed by atoms with E-state index in [1.807, 2.05) is 12.2 Å². The van der Waals surface area contributed by atoms with E-state index < -0.39 is 0 Å². The van der Waals surface area contributed by atoms with Crippen LogP contribution in [0.5, 0.6) is 0 Å². The lowest BCUT2D eigenvalue weighted by Gasteiger charge is -1.97. The molecular weight excluding hydrogens is 138 g/mol. The first kappa shape index (κ1) is 8.31. The minimum atomic E-state index is 0.164. The molecule has 1 amide bonds. The van der Waals surface area contributed by atoms with E-state index in [0.29, 0.717) is 12.5 Å². The number of carbonyl (C=O) groups excluding carboxylic acids is 1. The SMILES string of the molecule is CC/C=C\CC(=O)NC1CC1. The molecule has 0 aromatic carbocycles. The van der Waals surface area contributed by atoms with Gasteiger partial charge < -0.3 is 5.32 Å². The molecule has 0 aromatic heterocycles. The van der Waals surface area contributed by atoms with Gasteiger partial charge in [-0.25, -0.2) is 0 Å². The second-order valence-electron chi connectivity index (χ2n) is 2.93. The molecule has 2 nitrogen and oxygen atoms in total. The van der Waals surface area contributed by atoms with Gasteiger partial charge in [-0.1, -0.05) is 19.1 Å². The predicted octanol–water partition coefficient (Wildman–Crippen LogP) is 1.62. The van der Waals surface area contributed by atoms with Crippen LogP contribution in [-0.4, -0.2) is 11.9 Å². The highest BCUT2D eigenvalue weighted by atomic mass is 16.1. The summed E-state index contributed by atoms with van der Waals surface area (Å²) in [6.07, 6.45) is 7.84. The Morgan fingerprint density at radius 3 is 2.82 bits per heavy atom. The van der Waals surface area contributed by atoms with Gasteiger partial charge in [0.05, 0.1) is 0 Å². The lowest BCUT2D eigenvalue weighted by Crippen LogP contribution is -2.24. The fourth-order valence-electron chi connectivity index (χ4n) is 0.871. The highest BCUT2D eigenvalue weighted by Gasteiger charge is 2.22. The fourth-order valence-corrected chi connectivity index (χ4v) is 0.871. The summed E-state index contributed by atoms with van der Waals surface area (Å²) in [4.78, 5) is 11.0. The summed E-state index contributed by atoms with van der Waals surface area (Å²) >= 11 is 0. The van der Waals surface area contributed by atoms with E-state index in [0.717, 1.165) is 6.42 Å². The van der Waals surface area contributed by atoms with Gasteiger partial charge >= 0.3 is 0 Å². The van der Waals surface area contributed by atoms with Gasteiger partial charge in [0.2, 0.25) is 5.91 Å². The third-order valence-electron chi connectivity index (χ3n) is 1.65. The third-order valence-corrected chi connectivity index (χ3v) is 1.65. The largest absolute Gasteiger partial charge is 0.353 e. The van der Waals surface area contributed by atoms with Crippen LogP contribution in [0.25, 0.3) is 0 Å². The molecule has 0 aromatic rings. The van der Waals surface area contributed by atoms with Gasteiger partial charge in [-0.15, -0.1) is 0 Å². The lowest BCUT2D eigenvalue weighted by atomic mass is 10.3. The van der Waals surface area contributed by atoms with E-state index in [-0.39, 0.29) is 5.91 Å². The van der Waals surface area contributed by atoms with Crippen LogP contribution >= 0.6 is 0 Å². The number of nitrogens with one attached hydrogen (secondary N) is 1. The molecule has 0 unspecified atom stereocenters. The molecule has 62 valence electrons. The quantitative estimate of drug-likeness (QED) is 0.611. The monoisotopic (exact) mass is 153 g/mol. The van der Waals surface area contributed by atoms with Crippen molar-refractivity contribution in [3.8, 4) is 0 Å². The van der Waals surface area contributed by atoms with E-state index in [4.69, 9.17) is 0 Å². The second-order valence-corrected chi connectivity index (χ2v) is 2.93. The molecule has 0 spiro atoms. The Morgan fingerprint density at radius 1 is 1.55 bits per heavy atom. The molecule has 0 saturated heterocycles. The van der Waals surface area contributed by atoms with E-state index >= 15 is 0 Å². The van der Waals surface area contributed by atoms with E-state index in [1.165, 1.54) is 12.8 Å². The molecule has 1 fully saturated rings. The van der Waals surface area contributed by atoms with Crippen LogP contribution in [0.4, 0.5) is 0 Å². The molecule has 1 saturated carbocycles. The van der Waals surface area contributed by atoms with Crippen molar-refractivity contribution in [1.82, 2.24) is 5.32 Å². The van der Waals surface area contributed by atoms with Crippen molar-refractivity contribution in [2.24, 2.45) is 0 Å². The minimum absolute atomic E-state index is 0.164. The number of allylic oxidation sites excluding steroid dienone is 1. The first-order valence-corrected chi connectivity index (χ1v) is 4.27. The Balaban J connectivity index is 2.04. The van der Waals surface area contributed by atoms with Gasteiger partial charge in [0.1, 0.15) is 0 Å². The summed E-state index contributed by atoms with van der Waals surface area (Å²) in [6, 6.07) is 0.498. The number of rotatable bonds is 4. The van der Waals surface area contributed by atoms with E-state index in [9.17, 15) is 4.79 Å². The van der Waals surface area contributed by atoms with Crippen molar-refractivity contribution < 1.29 is 4.79 Å². The predicted molar refractivity (Wildman–Crippen MR) is 45.2 cm³/mol. The van der Waals surface area contributed by atoms with Crippen molar-refractivity contribution in [2.75, 3.05) is 0 Å². The molecule has 2 heteroatoms. The van der Waals surface area contributed by atoms with Crippen molar-refractivity contribution in [3.05, 3.63) is 12.2 Å². The van der Waals surface area contributed by atoms with Crippen LogP contribution in [0.2, 0.25) is 0 Å². The summed E-state index contributed by atoms with van der Waals surface area (Å²) in [5.74, 6) is 0.164. The molecular formula is C9H15NO. The standard InChI is InChI=1S/C9H15NO/c1-2-3-4-5-9(11)10-8-6-7-8/h3-4,8H,2,5-7H2,1H3,(H,10,11)/b4-3-. The third kappa shape index (κ3) is 3.81. The minimum Gasteiger partial charge on any atom is -0.353 e. The zero-order valence-corrected chi connectivity index (χ0v) is 6.97. The molecule has 0 atom stereocenters. The Kier molecular flexibility index (Phi) is 3.14. The first-order valence-electron chi connectivity index (χ1n) is 4.27. The van der Waals surface area contributed by atoms with Crippen LogP contribution in [0.3, 0.4) is 0 Å². The molecule has 0 heterocycles. The van der Waals surface area contributed by atoms with Crippen molar-refractivity contribution >= 4 is 5.91 Å². The maximum atomic E-state index is 11.0. The molecule has 11 heavy (non-hydrogen) atoms. The molecule has 0 aliphatic heterocycles. The Bertz CT molecular complexity index is 159. The number of carbonyl (C=O) groups is 1. The van der Waals surface area contributed by atoms with Crippen LogP contribution in [0.1, 0.15) is 32.6 Å². The van der Waals surface area contributed by atoms with Gasteiger partial charge in [-0.3, -0.25) is 4.79 Å². The average Bonchev–Trinajstić information content (AvgIpc) is 2.72. The van der Waals surface area contributed by atoms with E-state index in [2.05, 4.69) is 12.2 Å². The molecule has 0 radical (unpaired) electrons. The van der Waals surface area contributed by atoms with Gasteiger partial charge in [-0.05, 0) is 19.3 Å². The summed E-state index contributed by atoms with van der Waals surface area (Å²) in [5.41, 5.74) is 0. The first-order chi connectivity index (χ1) is 5.33. The van der Waals surface area contributed by atoms with Crippen molar-refractivity contribution in [2.45, 2.75) is 38.6 Å². The van der Waals surface area contributed by atoms with Crippen LogP contribution in [0, 0.1) is 0 Å². The van der Waals surface area contributed by atoms with Gasteiger partial charge in [0, 0.05) is 12.5 Å². The lowest BCUT2D eigenvalue weighted by molar-refractivity contribution is -0.120. The summed E-state index contributed by atoms with van der Waals surface area (Å²) < 4.78 is 0. The van der Waals surface area contributed by atoms with Crippen LogP contribution in [0.15, 0.2) is 12.2 Å². The number of hydrogen-bond acceptors (Lipinski definition) is 1. The topological polar surface area (TPSA) is 29.1 Å². The maximum Gasteiger partial charge on any atom is 0.224 e. The smallest absolute Gasteiger partial charge is 0.224 e. The highest BCUT2D eigenvalue weighted by Crippen LogP contribution is 2.18. The molecule has 1 aliphatic rings. The number of hydrogen-bond donors (Lipinski definition) is 1. The zero-order chi connectivity index (χ0) is 8.10. The van der Waals surface area contributed by atoms with Gasteiger partial charge in [-0.2, -0.15) is 0 Å². The number of amides is 1. The highest BCUT2D eigenvalue weighted by molar-refractivity contribution is 5.78. The summed E-state index contributed by atoms with van der Waals surface area (Å²) in [5, 5.41) is 2.92. The average molecular weight is 153 g/mol. The molecule has 1 aliphatic carbocycles. The summed E-state index contributed by atoms with van der Waals surface area (Å²) in [6.45, 7) is 2.06. The second kappa shape index (κ2) is 4.16. The Morgan fingerprint density at radius 2 is 2.27 bits per heavy atom. The van der Waals surface area contributed by atoms with Crippen LogP contribution < -0.4 is 5.32 Å².